The molecule has 3 rings (SSSR count). The minimum atomic E-state index is -1.66. The first-order valence-electron chi connectivity index (χ1n) is 10.4. The van der Waals surface area contributed by atoms with Crippen LogP contribution in [0.5, 0.6) is 0 Å². The summed E-state index contributed by atoms with van der Waals surface area (Å²) >= 11 is 0. The van der Waals surface area contributed by atoms with Gasteiger partial charge in [0.05, 0.1) is 58.1 Å². The second-order valence-electron chi connectivity index (χ2n) is 8.09. The number of amides is 1. The number of pyridine rings is 1. The van der Waals surface area contributed by atoms with Crippen LogP contribution in [-0.4, -0.2) is 50.0 Å². The number of nitriles is 2. The summed E-state index contributed by atoms with van der Waals surface area (Å²) < 4.78 is 15.7. The SMILES string of the molecule is CC[C@H](C#N)Nc1cc(-c2ccc3cc(C#N)cnn23)ncc1C(=O)NCC(F)C(C)(C)O. The van der Waals surface area contributed by atoms with Crippen LogP contribution < -0.4 is 10.6 Å². The lowest BCUT2D eigenvalue weighted by molar-refractivity contribution is -0.00177. The van der Waals surface area contributed by atoms with Gasteiger partial charge in [-0.2, -0.15) is 15.6 Å². The number of hydrogen-bond acceptors (Lipinski definition) is 7. The third-order valence-electron chi connectivity index (χ3n) is 5.14. The molecule has 10 heteroatoms. The molecule has 0 fully saturated rings. The van der Waals surface area contributed by atoms with Gasteiger partial charge in [0, 0.05) is 6.20 Å². The lowest BCUT2D eigenvalue weighted by atomic mass is 10.0. The van der Waals surface area contributed by atoms with E-state index < -0.39 is 23.7 Å². The van der Waals surface area contributed by atoms with Crippen molar-refractivity contribution in [3.05, 3.63) is 47.8 Å². The highest BCUT2D eigenvalue weighted by atomic mass is 19.1. The van der Waals surface area contributed by atoms with Crippen molar-refractivity contribution in [1.82, 2.24) is 19.9 Å². The van der Waals surface area contributed by atoms with Crippen molar-refractivity contribution in [2.75, 3.05) is 11.9 Å². The molecule has 3 aromatic heterocycles. The number of rotatable bonds is 8. The number of hydrogen-bond donors (Lipinski definition) is 3. The molecule has 0 spiro atoms. The standard InChI is InChI=1S/C23H24FN7O2/c1-4-15(10-26)30-18-8-19(20-6-5-16-7-14(9-25)11-29-31(16)20)27-12-17(18)22(32)28-13-21(24)23(2,3)33/h5-8,11-12,15,21,33H,4,13H2,1-3H3,(H,27,30)(H,28,32)/t15-,21?/m1/s1. The van der Waals surface area contributed by atoms with E-state index >= 15 is 0 Å². The molecule has 3 aromatic rings. The van der Waals surface area contributed by atoms with Crippen molar-refractivity contribution in [3.63, 3.8) is 0 Å². The van der Waals surface area contributed by atoms with Crippen molar-refractivity contribution in [3.8, 4) is 23.5 Å². The smallest absolute Gasteiger partial charge is 0.255 e. The lowest BCUT2D eigenvalue weighted by Gasteiger charge is -2.23. The van der Waals surface area contributed by atoms with E-state index in [9.17, 15) is 19.6 Å². The molecule has 0 saturated carbocycles. The Hall–Kier alpha value is -4.02. The highest BCUT2D eigenvalue weighted by molar-refractivity contribution is 6.00. The van der Waals surface area contributed by atoms with Gasteiger partial charge in [0.25, 0.3) is 5.91 Å². The van der Waals surface area contributed by atoms with Gasteiger partial charge in [0.2, 0.25) is 0 Å². The van der Waals surface area contributed by atoms with Crippen molar-refractivity contribution >= 4 is 17.1 Å². The molecule has 0 aliphatic heterocycles. The van der Waals surface area contributed by atoms with E-state index in [0.29, 0.717) is 34.6 Å². The number of halogens is 1. The van der Waals surface area contributed by atoms with Crippen molar-refractivity contribution in [1.29, 1.82) is 10.5 Å². The number of anilines is 1. The van der Waals surface area contributed by atoms with E-state index in [-0.39, 0.29) is 12.1 Å². The van der Waals surface area contributed by atoms with Gasteiger partial charge in [-0.15, -0.1) is 0 Å². The predicted octanol–water partition coefficient (Wildman–Crippen LogP) is 2.82. The normalized spacial score (nSPS) is 13.1. The van der Waals surface area contributed by atoms with Gasteiger partial charge in [-0.05, 0) is 44.5 Å². The monoisotopic (exact) mass is 449 g/mol. The van der Waals surface area contributed by atoms with E-state index in [4.69, 9.17) is 5.26 Å². The topological polar surface area (TPSA) is 139 Å². The molecule has 0 aliphatic rings. The molecule has 2 atom stereocenters. The van der Waals surface area contributed by atoms with Gasteiger partial charge in [0.1, 0.15) is 18.3 Å². The third kappa shape index (κ3) is 5.25. The maximum absolute atomic E-state index is 14.1. The van der Waals surface area contributed by atoms with Crippen LogP contribution in [-0.2, 0) is 0 Å². The summed E-state index contributed by atoms with van der Waals surface area (Å²) in [5, 5.41) is 38.0. The summed E-state index contributed by atoms with van der Waals surface area (Å²) in [6.45, 7) is 4.09. The first-order chi connectivity index (χ1) is 15.7. The van der Waals surface area contributed by atoms with Gasteiger partial charge in [-0.25, -0.2) is 8.91 Å². The summed E-state index contributed by atoms with van der Waals surface area (Å²) in [6, 6.07) is 10.5. The summed E-state index contributed by atoms with van der Waals surface area (Å²) in [6.07, 6.45) is 1.62. The molecule has 1 amide bonds. The van der Waals surface area contributed by atoms with Crippen LogP contribution in [0.3, 0.4) is 0 Å². The van der Waals surface area contributed by atoms with Crippen LogP contribution in [0.15, 0.2) is 36.7 Å². The first kappa shape index (κ1) is 23.6. The third-order valence-corrected chi connectivity index (χ3v) is 5.14. The largest absolute Gasteiger partial charge is 0.387 e. The summed E-state index contributed by atoms with van der Waals surface area (Å²) in [4.78, 5) is 17.1. The maximum atomic E-state index is 14.1. The molecule has 0 radical (unpaired) electrons. The lowest BCUT2D eigenvalue weighted by Crippen LogP contribution is -2.42. The number of nitrogens with zero attached hydrogens (tertiary/aromatic N) is 5. The van der Waals surface area contributed by atoms with Crippen molar-refractivity contribution in [2.45, 2.75) is 45.0 Å². The van der Waals surface area contributed by atoms with E-state index in [1.165, 1.54) is 26.2 Å². The molecule has 3 N–H and O–H groups in total. The number of aromatic nitrogens is 3. The number of nitrogens with one attached hydrogen (secondary N) is 2. The molecule has 9 nitrogen and oxygen atoms in total. The molecule has 170 valence electrons. The van der Waals surface area contributed by atoms with E-state index in [2.05, 4.69) is 26.8 Å². The average molecular weight is 449 g/mol. The highest BCUT2D eigenvalue weighted by Gasteiger charge is 2.27. The van der Waals surface area contributed by atoms with Gasteiger partial charge < -0.3 is 15.7 Å². The zero-order valence-electron chi connectivity index (χ0n) is 18.5. The number of alkyl halides is 1. The van der Waals surface area contributed by atoms with Crippen molar-refractivity contribution in [2.24, 2.45) is 0 Å². The molecular weight excluding hydrogens is 425 g/mol. The Bertz CT molecular complexity index is 1250. The second-order valence-corrected chi connectivity index (χ2v) is 8.09. The Labute approximate surface area is 190 Å². The quantitative estimate of drug-likeness (QED) is 0.480. The zero-order valence-corrected chi connectivity index (χ0v) is 18.5. The van der Waals surface area contributed by atoms with Crippen LogP contribution in [0.1, 0.15) is 43.1 Å². The average Bonchev–Trinajstić information content (AvgIpc) is 3.23. The first-order valence-corrected chi connectivity index (χ1v) is 10.4. The van der Waals surface area contributed by atoms with E-state index in [1.807, 2.05) is 13.0 Å². The minimum Gasteiger partial charge on any atom is -0.387 e. The van der Waals surface area contributed by atoms with Crippen LogP contribution in [0.25, 0.3) is 16.9 Å². The zero-order chi connectivity index (χ0) is 24.2. The maximum Gasteiger partial charge on any atom is 0.255 e. The fourth-order valence-electron chi connectivity index (χ4n) is 3.09. The second kappa shape index (κ2) is 9.63. The van der Waals surface area contributed by atoms with Crippen LogP contribution in [0, 0.1) is 22.7 Å². The number of carbonyl (C=O) groups excluding carboxylic acids is 1. The van der Waals surface area contributed by atoms with Gasteiger partial charge in [0.15, 0.2) is 0 Å². The number of fused-ring (bicyclic) bond motifs is 1. The molecule has 1 unspecified atom stereocenters. The number of aliphatic hydroxyl groups is 1. The predicted molar refractivity (Wildman–Crippen MR) is 120 cm³/mol. The highest BCUT2D eigenvalue weighted by Crippen LogP contribution is 2.26. The summed E-state index contributed by atoms with van der Waals surface area (Å²) in [5.41, 5.74) is 1.13. The fourth-order valence-corrected chi connectivity index (χ4v) is 3.09. The summed E-state index contributed by atoms with van der Waals surface area (Å²) in [5.74, 6) is -0.590. The van der Waals surface area contributed by atoms with Gasteiger partial charge in [-0.3, -0.25) is 9.78 Å². The molecule has 0 bridgehead atoms. The van der Waals surface area contributed by atoms with Crippen molar-refractivity contribution < 1.29 is 14.3 Å². The Morgan fingerprint density at radius 3 is 2.70 bits per heavy atom. The van der Waals surface area contributed by atoms with Crippen LogP contribution in [0.4, 0.5) is 10.1 Å². The molecule has 0 aliphatic carbocycles. The Balaban J connectivity index is 1.98. The van der Waals surface area contributed by atoms with Crippen LogP contribution in [0.2, 0.25) is 0 Å². The van der Waals surface area contributed by atoms with E-state index in [0.717, 1.165) is 0 Å². The molecule has 3 heterocycles. The fraction of sp³-hybridized carbons (Fsp3) is 0.348. The molecule has 33 heavy (non-hydrogen) atoms. The Morgan fingerprint density at radius 2 is 2.06 bits per heavy atom. The summed E-state index contributed by atoms with van der Waals surface area (Å²) in [7, 11) is 0. The molecule has 0 saturated heterocycles. The number of carbonyl (C=O) groups is 1. The van der Waals surface area contributed by atoms with Gasteiger partial charge >= 0.3 is 0 Å². The Kier molecular flexibility index (Phi) is 6.90. The van der Waals surface area contributed by atoms with E-state index in [1.54, 1.807) is 28.8 Å². The molecule has 0 aromatic carbocycles. The Morgan fingerprint density at radius 1 is 1.30 bits per heavy atom. The van der Waals surface area contributed by atoms with Crippen LogP contribution >= 0.6 is 0 Å². The molecular formula is C23H24FN7O2. The minimum absolute atomic E-state index is 0.135. The van der Waals surface area contributed by atoms with Gasteiger partial charge in [-0.1, -0.05) is 6.92 Å².